The molecule has 0 saturated heterocycles. The normalized spacial score (nSPS) is 20.7. The summed E-state index contributed by atoms with van der Waals surface area (Å²) < 4.78 is 3.42. The molecule has 112 valence electrons. The van der Waals surface area contributed by atoms with E-state index in [1.165, 1.54) is 21.8 Å². The molecule has 1 atom stereocenters. The Morgan fingerprint density at radius 3 is 2.82 bits per heavy atom. The Morgan fingerprint density at radius 2 is 2.14 bits per heavy atom. The molecule has 0 saturated carbocycles. The van der Waals surface area contributed by atoms with Crippen molar-refractivity contribution in [3.05, 3.63) is 69.4 Å². The van der Waals surface area contributed by atoms with Gasteiger partial charge in [0.1, 0.15) is 7.05 Å². The zero-order valence-corrected chi connectivity index (χ0v) is 15.2. The third kappa shape index (κ3) is 2.53. The van der Waals surface area contributed by atoms with Gasteiger partial charge in [-0.2, -0.15) is 4.58 Å². The van der Waals surface area contributed by atoms with Gasteiger partial charge in [-0.05, 0) is 43.0 Å². The number of fused-ring (bicyclic) bond motifs is 1. The molecule has 22 heavy (non-hydrogen) atoms. The van der Waals surface area contributed by atoms with Gasteiger partial charge in [0.25, 0.3) is 0 Å². The van der Waals surface area contributed by atoms with E-state index in [1.807, 2.05) is 6.08 Å². The van der Waals surface area contributed by atoms with Gasteiger partial charge >= 0.3 is 0 Å². The molecule has 2 aromatic rings. The topological polar surface area (TPSA) is 3.01 Å². The van der Waals surface area contributed by atoms with Crippen molar-refractivity contribution in [3.8, 4) is 0 Å². The lowest BCUT2D eigenvalue weighted by atomic mass is 9.76. The molecule has 0 amide bonds. The number of halogens is 1. The summed E-state index contributed by atoms with van der Waals surface area (Å²) in [5.74, 6) is 0. The van der Waals surface area contributed by atoms with Crippen LogP contribution >= 0.6 is 27.3 Å². The van der Waals surface area contributed by atoms with E-state index in [4.69, 9.17) is 0 Å². The summed E-state index contributed by atoms with van der Waals surface area (Å²) in [7, 11) is 2.15. The van der Waals surface area contributed by atoms with E-state index >= 15 is 0 Å². The van der Waals surface area contributed by atoms with Crippen molar-refractivity contribution < 1.29 is 4.58 Å². The average molecular weight is 373 g/mol. The zero-order chi connectivity index (χ0) is 15.7. The highest BCUT2D eigenvalue weighted by Crippen LogP contribution is 2.43. The van der Waals surface area contributed by atoms with E-state index < -0.39 is 0 Å². The molecule has 0 bridgehead atoms. The van der Waals surface area contributed by atoms with Gasteiger partial charge in [0.15, 0.2) is 5.71 Å². The SMILES string of the molecule is C=CCC1(C)C(C=Cc2cccs2)=[N+](C)c2ccc(Br)cc21. The van der Waals surface area contributed by atoms with Crippen molar-refractivity contribution in [3.63, 3.8) is 0 Å². The molecule has 0 fully saturated rings. The lowest BCUT2D eigenvalue weighted by Crippen LogP contribution is -2.29. The third-order valence-corrected chi connectivity index (χ3v) is 5.67. The number of hydrogen-bond acceptors (Lipinski definition) is 1. The third-order valence-electron chi connectivity index (χ3n) is 4.34. The first kappa shape index (κ1) is 15.4. The number of nitrogens with zero attached hydrogens (tertiary/aromatic N) is 1. The van der Waals surface area contributed by atoms with Crippen LogP contribution < -0.4 is 0 Å². The number of hydrogen-bond donors (Lipinski definition) is 0. The summed E-state index contributed by atoms with van der Waals surface area (Å²) in [5, 5.41) is 2.11. The quantitative estimate of drug-likeness (QED) is 0.472. The van der Waals surface area contributed by atoms with Crippen molar-refractivity contribution in [2.75, 3.05) is 7.05 Å². The molecule has 3 rings (SSSR count). The second kappa shape index (κ2) is 5.98. The molecule has 1 nitrogen and oxygen atoms in total. The predicted molar refractivity (Wildman–Crippen MR) is 101 cm³/mol. The number of thiophene rings is 1. The van der Waals surface area contributed by atoms with E-state index in [-0.39, 0.29) is 5.41 Å². The van der Waals surface area contributed by atoms with Crippen LogP contribution in [0.4, 0.5) is 5.69 Å². The van der Waals surface area contributed by atoms with Gasteiger partial charge in [-0.3, -0.25) is 0 Å². The first-order valence-electron chi connectivity index (χ1n) is 7.30. The standard InChI is InChI=1S/C19H19BrNS/c1-4-11-19(2)16-13-14(20)7-9-17(16)21(3)18(19)10-8-15-6-5-12-22-15/h4-10,12-13H,1,11H2,2-3H3/q+1. The zero-order valence-electron chi connectivity index (χ0n) is 12.8. The number of benzene rings is 1. The Balaban J connectivity index is 2.11. The van der Waals surface area contributed by atoms with E-state index in [9.17, 15) is 0 Å². The minimum atomic E-state index is -0.0383. The second-order valence-electron chi connectivity index (χ2n) is 5.78. The van der Waals surface area contributed by atoms with Crippen LogP contribution in [0.2, 0.25) is 0 Å². The summed E-state index contributed by atoms with van der Waals surface area (Å²) >= 11 is 5.37. The highest BCUT2D eigenvalue weighted by atomic mass is 79.9. The average Bonchev–Trinajstić information content (AvgIpc) is 3.06. The van der Waals surface area contributed by atoms with Crippen LogP contribution in [0.15, 0.2) is 58.9 Å². The fourth-order valence-electron chi connectivity index (χ4n) is 3.23. The minimum Gasteiger partial charge on any atom is -0.198 e. The Morgan fingerprint density at radius 1 is 1.32 bits per heavy atom. The molecular formula is C19H19BrNS+. The van der Waals surface area contributed by atoms with Gasteiger partial charge in [-0.1, -0.05) is 28.1 Å². The fraction of sp³-hybridized carbons (Fsp3) is 0.211. The first-order valence-corrected chi connectivity index (χ1v) is 8.97. The van der Waals surface area contributed by atoms with Crippen LogP contribution in [0, 0.1) is 0 Å². The summed E-state index contributed by atoms with van der Waals surface area (Å²) in [4.78, 5) is 1.28. The van der Waals surface area contributed by atoms with Crippen LogP contribution in [0.1, 0.15) is 23.8 Å². The summed E-state index contributed by atoms with van der Waals surface area (Å²) in [6, 6.07) is 10.8. The number of allylic oxidation sites excluding steroid dienone is 2. The van der Waals surface area contributed by atoms with Crippen LogP contribution in [0.25, 0.3) is 6.08 Å². The second-order valence-corrected chi connectivity index (χ2v) is 7.67. The van der Waals surface area contributed by atoms with Gasteiger partial charge < -0.3 is 0 Å². The van der Waals surface area contributed by atoms with Crippen molar-refractivity contribution in [2.45, 2.75) is 18.8 Å². The van der Waals surface area contributed by atoms with E-state index in [0.717, 1.165) is 10.9 Å². The van der Waals surface area contributed by atoms with Gasteiger partial charge in [-0.25, -0.2) is 0 Å². The predicted octanol–water partition coefficient (Wildman–Crippen LogP) is 5.79. The van der Waals surface area contributed by atoms with Crippen LogP contribution in [-0.2, 0) is 5.41 Å². The summed E-state index contributed by atoms with van der Waals surface area (Å²) in [6.07, 6.45) is 7.40. The molecule has 0 radical (unpaired) electrons. The molecule has 1 aliphatic heterocycles. The largest absolute Gasteiger partial charge is 0.209 e. The molecule has 1 aromatic heterocycles. The summed E-state index contributed by atoms with van der Waals surface area (Å²) in [6.45, 7) is 6.27. The Kier molecular flexibility index (Phi) is 4.20. The Bertz CT molecular complexity index is 771. The van der Waals surface area contributed by atoms with E-state index in [1.54, 1.807) is 11.3 Å². The van der Waals surface area contributed by atoms with Crippen molar-refractivity contribution in [2.24, 2.45) is 0 Å². The maximum atomic E-state index is 3.97. The first-order chi connectivity index (χ1) is 10.6. The van der Waals surface area contributed by atoms with Crippen molar-refractivity contribution >= 4 is 44.7 Å². The molecule has 1 unspecified atom stereocenters. The minimum absolute atomic E-state index is 0.0383. The Labute approximate surface area is 144 Å². The smallest absolute Gasteiger partial charge is 0.198 e. The van der Waals surface area contributed by atoms with Crippen molar-refractivity contribution in [1.82, 2.24) is 0 Å². The van der Waals surface area contributed by atoms with Gasteiger partial charge in [0.05, 0.1) is 5.41 Å². The maximum Gasteiger partial charge on any atom is 0.209 e. The molecule has 0 spiro atoms. The highest BCUT2D eigenvalue weighted by molar-refractivity contribution is 9.10. The lowest BCUT2D eigenvalue weighted by molar-refractivity contribution is -0.401. The molecule has 1 aliphatic rings. The van der Waals surface area contributed by atoms with Crippen LogP contribution in [0.5, 0.6) is 0 Å². The highest BCUT2D eigenvalue weighted by Gasteiger charge is 2.45. The fourth-order valence-corrected chi connectivity index (χ4v) is 4.21. The van der Waals surface area contributed by atoms with Gasteiger partial charge in [-0.15, -0.1) is 17.9 Å². The molecule has 1 aromatic carbocycles. The Hall–Kier alpha value is -1.45. The maximum absolute atomic E-state index is 3.97. The monoisotopic (exact) mass is 372 g/mol. The van der Waals surface area contributed by atoms with Crippen LogP contribution in [0.3, 0.4) is 0 Å². The molecule has 3 heteroatoms. The van der Waals surface area contributed by atoms with Crippen LogP contribution in [-0.4, -0.2) is 17.3 Å². The molecule has 0 N–H and O–H groups in total. The molecular weight excluding hydrogens is 354 g/mol. The van der Waals surface area contributed by atoms with Crippen molar-refractivity contribution in [1.29, 1.82) is 0 Å². The molecule has 2 heterocycles. The molecule has 0 aliphatic carbocycles. The number of rotatable bonds is 4. The van der Waals surface area contributed by atoms with Gasteiger partial charge in [0, 0.05) is 27.1 Å². The lowest BCUT2D eigenvalue weighted by Gasteiger charge is -2.20. The van der Waals surface area contributed by atoms with E-state index in [0.29, 0.717) is 0 Å². The summed E-state index contributed by atoms with van der Waals surface area (Å²) in [5.41, 5.74) is 3.91. The van der Waals surface area contributed by atoms with Gasteiger partial charge in [0.2, 0.25) is 5.69 Å². The van der Waals surface area contributed by atoms with E-state index in [2.05, 4.69) is 88.9 Å².